The lowest BCUT2D eigenvalue weighted by molar-refractivity contribution is -0.145. The molecule has 2 heterocycles. The smallest absolute Gasteiger partial charge is 0.459 e. The number of alkyl halides is 1. The maximum absolute atomic E-state index is 15.5. The summed E-state index contributed by atoms with van der Waals surface area (Å²) in [5, 5.41) is 13.1. The van der Waals surface area contributed by atoms with E-state index in [9.17, 15) is 24.1 Å². The molecule has 12 nitrogen and oxygen atoms in total. The molecule has 1 aromatic carbocycles. The number of hydrogen-bond donors (Lipinski definition) is 3. The third kappa shape index (κ3) is 7.39. The van der Waals surface area contributed by atoms with E-state index in [4.69, 9.17) is 18.5 Å². The average molecular weight is 558 g/mol. The van der Waals surface area contributed by atoms with Gasteiger partial charge in [-0.15, -0.1) is 0 Å². The minimum absolute atomic E-state index is 0.160. The van der Waals surface area contributed by atoms with Crippen LogP contribution in [0.25, 0.3) is 0 Å². The number of benzene rings is 1. The quantitative estimate of drug-likeness (QED) is 0.190. The van der Waals surface area contributed by atoms with Gasteiger partial charge in [-0.1, -0.05) is 38.0 Å². The van der Waals surface area contributed by atoms with Crippen molar-refractivity contribution >= 4 is 13.7 Å². The zero-order chi connectivity index (χ0) is 27.9. The number of aliphatic hydroxyl groups excluding tert-OH is 1. The number of rotatable bonds is 13. The molecule has 1 aromatic heterocycles. The first-order valence-corrected chi connectivity index (χ1v) is 13.8. The predicted octanol–water partition coefficient (Wildman–Crippen LogP) is 2.44. The molecule has 3 rings (SSSR count). The van der Waals surface area contributed by atoms with Gasteiger partial charge in [-0.2, -0.15) is 5.09 Å². The van der Waals surface area contributed by atoms with E-state index < -0.39 is 61.7 Å². The van der Waals surface area contributed by atoms with E-state index in [0.29, 0.717) is 6.42 Å². The lowest BCUT2D eigenvalue weighted by Crippen LogP contribution is -2.43. The average Bonchev–Trinajstić information content (AvgIpc) is 3.09. The van der Waals surface area contributed by atoms with Gasteiger partial charge in [0, 0.05) is 12.3 Å². The number of H-pyrrole nitrogens is 1. The van der Waals surface area contributed by atoms with Crippen LogP contribution in [0.5, 0.6) is 5.75 Å². The fourth-order valence-electron chi connectivity index (χ4n) is 3.78. The summed E-state index contributed by atoms with van der Waals surface area (Å²) < 4.78 is 51.7. The van der Waals surface area contributed by atoms with E-state index in [1.54, 1.807) is 18.2 Å². The van der Waals surface area contributed by atoms with Crippen molar-refractivity contribution in [1.82, 2.24) is 14.6 Å². The van der Waals surface area contributed by atoms with Crippen LogP contribution in [0.1, 0.15) is 46.3 Å². The first-order chi connectivity index (χ1) is 18.0. The van der Waals surface area contributed by atoms with Gasteiger partial charge < -0.3 is 19.1 Å². The van der Waals surface area contributed by atoms with Gasteiger partial charge in [0.2, 0.25) is 0 Å². The molecule has 0 bridgehead atoms. The highest BCUT2D eigenvalue weighted by Crippen LogP contribution is 2.47. The molecule has 2 aromatic rings. The molecule has 6 atom stereocenters. The maximum atomic E-state index is 15.5. The van der Waals surface area contributed by atoms with Gasteiger partial charge in [-0.3, -0.25) is 23.7 Å². The van der Waals surface area contributed by atoms with Gasteiger partial charge in [-0.25, -0.2) is 13.8 Å². The first-order valence-electron chi connectivity index (χ1n) is 12.2. The highest BCUT2D eigenvalue weighted by molar-refractivity contribution is 7.52. The van der Waals surface area contributed by atoms with Crippen molar-refractivity contribution in [3.05, 3.63) is 63.4 Å². The van der Waals surface area contributed by atoms with Gasteiger partial charge in [0.15, 0.2) is 11.9 Å². The van der Waals surface area contributed by atoms with E-state index >= 15 is 4.39 Å². The van der Waals surface area contributed by atoms with Gasteiger partial charge in [0.05, 0.1) is 13.2 Å². The summed E-state index contributed by atoms with van der Waals surface area (Å²) in [6.45, 7) is 4.02. The summed E-state index contributed by atoms with van der Waals surface area (Å²) in [5.74, 6) is -0.514. The standard InChI is InChI=1S/C24H33FN3O9P/c1-4-5-9-14-34-21(31)16(2)27-38(33,37-17-10-7-6-8-11-17)35-15-18-20(30)24(3,25)22(36-18)28-13-12-19(29)26-23(28)32/h6-8,10-13,16,18,20,22,30H,4-5,9,14-15H2,1-3H3,(H,27,33)(H,26,29,32)/t16-,18+,20+,22+,24+,38?/m0/s1. The van der Waals surface area contributed by atoms with Crippen LogP contribution in [0, 0.1) is 0 Å². The molecule has 1 saturated heterocycles. The topological polar surface area (TPSA) is 158 Å². The fraction of sp³-hybridized carbons (Fsp3) is 0.542. The number of carbonyl (C=O) groups is 1. The van der Waals surface area contributed by atoms with Crippen LogP contribution in [-0.4, -0.2) is 57.8 Å². The highest BCUT2D eigenvalue weighted by atomic mass is 31.2. The maximum Gasteiger partial charge on any atom is 0.459 e. The monoisotopic (exact) mass is 557 g/mol. The molecule has 1 fully saturated rings. The Hall–Kier alpha value is -2.83. The Balaban J connectivity index is 1.74. The molecule has 210 valence electrons. The molecular formula is C24H33FN3O9P. The summed E-state index contributed by atoms with van der Waals surface area (Å²) >= 11 is 0. The Kier molecular flexibility index (Phi) is 10.0. The molecule has 0 spiro atoms. The van der Waals surface area contributed by atoms with Crippen molar-refractivity contribution < 1.29 is 37.4 Å². The Labute approximate surface area is 218 Å². The highest BCUT2D eigenvalue weighted by Gasteiger charge is 2.55. The third-order valence-electron chi connectivity index (χ3n) is 5.90. The number of esters is 1. The van der Waals surface area contributed by atoms with Crippen molar-refractivity contribution in [2.45, 2.75) is 70.2 Å². The second-order valence-electron chi connectivity index (χ2n) is 9.06. The lowest BCUT2D eigenvalue weighted by Gasteiger charge is -2.25. The van der Waals surface area contributed by atoms with E-state index in [1.807, 2.05) is 11.9 Å². The normalized spacial score (nSPS) is 25.4. The summed E-state index contributed by atoms with van der Waals surface area (Å²) in [6, 6.07) is 7.93. The third-order valence-corrected chi connectivity index (χ3v) is 7.54. The van der Waals surface area contributed by atoms with Crippen molar-refractivity contribution in [3.8, 4) is 5.75 Å². The number of nitrogens with one attached hydrogen (secondary N) is 2. The number of ether oxygens (including phenoxy) is 2. The van der Waals surface area contributed by atoms with Crippen molar-refractivity contribution in [3.63, 3.8) is 0 Å². The Morgan fingerprint density at radius 3 is 2.66 bits per heavy atom. The second-order valence-corrected chi connectivity index (χ2v) is 10.8. The Morgan fingerprint density at radius 1 is 1.29 bits per heavy atom. The number of hydrogen-bond acceptors (Lipinski definition) is 9. The molecule has 3 N–H and O–H groups in total. The number of aromatic amines is 1. The van der Waals surface area contributed by atoms with Crippen LogP contribution >= 0.6 is 7.75 Å². The minimum Gasteiger partial charge on any atom is -0.465 e. The van der Waals surface area contributed by atoms with E-state index in [0.717, 1.165) is 36.6 Å². The molecule has 0 aliphatic carbocycles. The number of para-hydroxylation sites is 1. The van der Waals surface area contributed by atoms with Gasteiger partial charge in [-0.05, 0) is 32.4 Å². The van der Waals surface area contributed by atoms with E-state index in [2.05, 4.69) is 5.09 Å². The van der Waals surface area contributed by atoms with Crippen LogP contribution in [0.15, 0.2) is 52.2 Å². The summed E-state index contributed by atoms with van der Waals surface area (Å²) in [7, 11) is -4.31. The minimum atomic E-state index is -4.31. The van der Waals surface area contributed by atoms with Crippen LogP contribution < -0.4 is 20.9 Å². The zero-order valence-electron chi connectivity index (χ0n) is 21.4. The van der Waals surface area contributed by atoms with Crippen LogP contribution in [0.3, 0.4) is 0 Å². The van der Waals surface area contributed by atoms with Crippen molar-refractivity contribution in [2.75, 3.05) is 13.2 Å². The lowest BCUT2D eigenvalue weighted by atomic mass is 9.98. The van der Waals surface area contributed by atoms with E-state index in [-0.39, 0.29) is 12.4 Å². The fourth-order valence-corrected chi connectivity index (χ4v) is 5.29. The molecule has 0 saturated carbocycles. The molecule has 0 radical (unpaired) electrons. The van der Waals surface area contributed by atoms with Crippen LogP contribution in [0.2, 0.25) is 0 Å². The number of unbranched alkanes of at least 4 members (excludes halogenated alkanes) is 2. The van der Waals surface area contributed by atoms with Gasteiger partial charge >= 0.3 is 19.4 Å². The van der Waals surface area contributed by atoms with Gasteiger partial charge in [0.25, 0.3) is 5.56 Å². The Morgan fingerprint density at radius 2 is 2.00 bits per heavy atom. The molecule has 1 aliphatic heterocycles. The second kappa shape index (κ2) is 12.8. The summed E-state index contributed by atoms with van der Waals surface area (Å²) in [6.07, 6.45) is -1.26. The molecule has 0 amide bonds. The SMILES string of the molecule is CCCCCOC(=O)[C@H](C)NP(=O)(OC[C@H]1O[C@@H](n2ccc(=O)[nH]c2=O)[C@](C)(F)[C@@H]1O)Oc1ccccc1. The first kappa shape index (κ1) is 29.7. The van der Waals surface area contributed by atoms with Gasteiger partial charge in [0.1, 0.15) is 24.0 Å². The van der Waals surface area contributed by atoms with Crippen LogP contribution in [0.4, 0.5) is 4.39 Å². The largest absolute Gasteiger partial charge is 0.465 e. The van der Waals surface area contributed by atoms with Crippen LogP contribution in [-0.2, 0) is 23.4 Å². The summed E-state index contributed by atoms with van der Waals surface area (Å²) in [4.78, 5) is 37.9. The predicted molar refractivity (Wildman–Crippen MR) is 134 cm³/mol. The van der Waals surface area contributed by atoms with Crippen molar-refractivity contribution in [1.29, 1.82) is 0 Å². The molecule has 38 heavy (non-hydrogen) atoms. The molecular weight excluding hydrogens is 524 g/mol. The molecule has 1 unspecified atom stereocenters. The number of carbonyl (C=O) groups excluding carboxylic acids is 1. The molecule has 1 aliphatic rings. The molecule has 14 heteroatoms. The summed E-state index contributed by atoms with van der Waals surface area (Å²) in [5.41, 5.74) is -4.11. The number of halogens is 1. The van der Waals surface area contributed by atoms with E-state index in [1.165, 1.54) is 19.1 Å². The Bertz CT molecular complexity index is 1240. The number of aliphatic hydroxyl groups is 1. The number of aromatic nitrogens is 2. The van der Waals surface area contributed by atoms with Crippen molar-refractivity contribution in [2.24, 2.45) is 0 Å². The number of nitrogens with zero attached hydrogens (tertiary/aromatic N) is 1. The zero-order valence-corrected chi connectivity index (χ0v) is 22.3.